The van der Waals surface area contributed by atoms with E-state index in [1.807, 2.05) is 0 Å². The van der Waals surface area contributed by atoms with Crippen molar-refractivity contribution in [2.75, 3.05) is 0 Å². The van der Waals surface area contributed by atoms with Gasteiger partial charge in [-0.1, -0.05) is 12.1 Å². The largest absolute Gasteiger partial charge is 0.481 e. The molecular formula is C15H16FNO3. The third-order valence-electron chi connectivity index (χ3n) is 3.43. The summed E-state index contributed by atoms with van der Waals surface area (Å²) in [6, 6.07) is 5.73. The molecule has 1 aromatic carbocycles. The van der Waals surface area contributed by atoms with Crippen molar-refractivity contribution in [1.82, 2.24) is 5.32 Å². The van der Waals surface area contributed by atoms with Gasteiger partial charge in [0.25, 0.3) is 0 Å². The molecule has 1 amide bonds. The van der Waals surface area contributed by atoms with Crippen molar-refractivity contribution in [2.45, 2.75) is 25.3 Å². The first kappa shape index (κ1) is 14.2. The summed E-state index contributed by atoms with van der Waals surface area (Å²) in [5.41, 5.74) is 0.733. The molecule has 0 unspecified atom stereocenters. The number of carbonyl (C=O) groups is 2. The third kappa shape index (κ3) is 3.91. The molecule has 2 atom stereocenters. The van der Waals surface area contributed by atoms with Crippen LogP contribution in [0.1, 0.15) is 24.8 Å². The summed E-state index contributed by atoms with van der Waals surface area (Å²) in [7, 11) is 0. The second-order valence-corrected chi connectivity index (χ2v) is 4.94. The number of nitrogens with one attached hydrogen (secondary N) is 1. The highest BCUT2D eigenvalue weighted by molar-refractivity contribution is 5.92. The maximum absolute atomic E-state index is 12.7. The van der Waals surface area contributed by atoms with Crippen LogP contribution < -0.4 is 5.32 Å². The van der Waals surface area contributed by atoms with Gasteiger partial charge in [0.2, 0.25) is 5.91 Å². The first-order valence-corrected chi connectivity index (χ1v) is 6.51. The summed E-state index contributed by atoms with van der Waals surface area (Å²) >= 11 is 0. The topological polar surface area (TPSA) is 66.4 Å². The molecule has 0 saturated heterocycles. The molecule has 20 heavy (non-hydrogen) atoms. The molecule has 0 bridgehead atoms. The van der Waals surface area contributed by atoms with Gasteiger partial charge in [0.05, 0.1) is 5.92 Å². The zero-order valence-corrected chi connectivity index (χ0v) is 10.9. The molecule has 0 aliphatic heterocycles. The zero-order valence-electron chi connectivity index (χ0n) is 10.9. The summed E-state index contributed by atoms with van der Waals surface area (Å²) < 4.78 is 12.7. The molecule has 0 spiro atoms. The van der Waals surface area contributed by atoms with Gasteiger partial charge in [-0.2, -0.15) is 0 Å². The fourth-order valence-electron chi connectivity index (χ4n) is 2.33. The number of carboxylic acid groups (broad SMARTS) is 1. The van der Waals surface area contributed by atoms with Crippen molar-refractivity contribution in [2.24, 2.45) is 5.92 Å². The lowest BCUT2D eigenvalue weighted by Crippen LogP contribution is -2.31. The molecule has 1 aliphatic rings. The minimum absolute atomic E-state index is 0.0820. The van der Waals surface area contributed by atoms with Crippen molar-refractivity contribution >= 4 is 18.0 Å². The maximum Gasteiger partial charge on any atom is 0.306 e. The van der Waals surface area contributed by atoms with E-state index in [0.717, 1.165) is 5.56 Å². The van der Waals surface area contributed by atoms with Crippen LogP contribution in [0.4, 0.5) is 4.39 Å². The van der Waals surface area contributed by atoms with Crippen LogP contribution in [0.2, 0.25) is 0 Å². The van der Waals surface area contributed by atoms with Crippen LogP contribution in [0, 0.1) is 11.7 Å². The smallest absolute Gasteiger partial charge is 0.306 e. The van der Waals surface area contributed by atoms with Gasteiger partial charge in [0.15, 0.2) is 0 Å². The van der Waals surface area contributed by atoms with E-state index in [0.29, 0.717) is 19.3 Å². The lowest BCUT2D eigenvalue weighted by molar-refractivity contribution is -0.141. The highest BCUT2D eigenvalue weighted by atomic mass is 19.1. The van der Waals surface area contributed by atoms with Gasteiger partial charge in [-0.05, 0) is 43.0 Å². The van der Waals surface area contributed by atoms with Crippen LogP contribution in [0.15, 0.2) is 30.3 Å². The Balaban J connectivity index is 1.84. The summed E-state index contributed by atoms with van der Waals surface area (Å²) in [6.45, 7) is 0. The van der Waals surface area contributed by atoms with Crippen LogP contribution in [0.25, 0.3) is 6.08 Å². The second kappa shape index (κ2) is 6.32. The quantitative estimate of drug-likeness (QED) is 0.829. The van der Waals surface area contributed by atoms with Crippen LogP contribution >= 0.6 is 0 Å². The van der Waals surface area contributed by atoms with E-state index < -0.39 is 5.97 Å². The Morgan fingerprint density at radius 1 is 1.25 bits per heavy atom. The van der Waals surface area contributed by atoms with Crippen molar-refractivity contribution in [3.05, 3.63) is 41.7 Å². The van der Waals surface area contributed by atoms with Crippen molar-refractivity contribution in [1.29, 1.82) is 0 Å². The Labute approximate surface area is 116 Å². The number of benzene rings is 1. The number of hydrogen-bond donors (Lipinski definition) is 2. The lowest BCUT2D eigenvalue weighted by Gasteiger charge is -2.10. The Kier molecular flexibility index (Phi) is 4.50. The molecule has 2 rings (SSSR count). The van der Waals surface area contributed by atoms with E-state index >= 15 is 0 Å². The van der Waals surface area contributed by atoms with Gasteiger partial charge < -0.3 is 10.4 Å². The Morgan fingerprint density at radius 3 is 2.55 bits per heavy atom. The van der Waals surface area contributed by atoms with E-state index in [4.69, 9.17) is 5.11 Å². The molecule has 106 valence electrons. The van der Waals surface area contributed by atoms with E-state index in [2.05, 4.69) is 5.32 Å². The summed E-state index contributed by atoms with van der Waals surface area (Å²) in [4.78, 5) is 22.5. The van der Waals surface area contributed by atoms with E-state index in [-0.39, 0.29) is 23.7 Å². The number of carboxylic acids is 1. The highest BCUT2D eigenvalue weighted by Crippen LogP contribution is 2.25. The average Bonchev–Trinajstić information content (AvgIpc) is 2.87. The summed E-state index contributed by atoms with van der Waals surface area (Å²) in [5, 5.41) is 11.7. The van der Waals surface area contributed by atoms with Crippen LogP contribution in [0.3, 0.4) is 0 Å². The van der Waals surface area contributed by atoms with Gasteiger partial charge in [0, 0.05) is 12.1 Å². The molecule has 2 N–H and O–H groups in total. The second-order valence-electron chi connectivity index (χ2n) is 4.94. The van der Waals surface area contributed by atoms with Gasteiger partial charge in [-0.15, -0.1) is 0 Å². The van der Waals surface area contributed by atoms with Crippen molar-refractivity contribution in [3.8, 4) is 0 Å². The highest BCUT2D eigenvalue weighted by Gasteiger charge is 2.30. The first-order chi connectivity index (χ1) is 9.54. The van der Waals surface area contributed by atoms with Crippen molar-refractivity contribution in [3.63, 3.8) is 0 Å². The molecular weight excluding hydrogens is 261 g/mol. The van der Waals surface area contributed by atoms with Crippen molar-refractivity contribution < 1.29 is 19.1 Å². The fourth-order valence-corrected chi connectivity index (χ4v) is 2.33. The SMILES string of the molecule is O=C(/C=C/c1ccc(F)cc1)N[C@H]1CC[C@@H](C(=O)O)C1. The number of aliphatic carboxylic acids is 1. The molecule has 4 nitrogen and oxygen atoms in total. The number of carbonyl (C=O) groups excluding carboxylic acids is 1. The average molecular weight is 277 g/mol. The molecule has 1 saturated carbocycles. The Morgan fingerprint density at radius 2 is 1.95 bits per heavy atom. The number of amides is 1. The van der Waals surface area contributed by atoms with Crippen LogP contribution in [-0.4, -0.2) is 23.0 Å². The Bertz CT molecular complexity index is 524. The van der Waals surface area contributed by atoms with Gasteiger partial charge >= 0.3 is 5.97 Å². The lowest BCUT2D eigenvalue weighted by atomic mass is 10.1. The normalized spacial score (nSPS) is 22.1. The summed E-state index contributed by atoms with van der Waals surface area (Å²) in [6.07, 6.45) is 4.74. The maximum atomic E-state index is 12.7. The first-order valence-electron chi connectivity index (χ1n) is 6.51. The standard InChI is InChI=1S/C15H16FNO3/c16-12-5-1-10(2-6-12)3-8-14(18)17-13-7-4-11(9-13)15(19)20/h1-3,5-6,8,11,13H,4,7,9H2,(H,17,18)(H,19,20)/b8-3+/t11-,13+/m1/s1. The van der Waals surface area contributed by atoms with E-state index in [9.17, 15) is 14.0 Å². The number of hydrogen-bond acceptors (Lipinski definition) is 2. The van der Waals surface area contributed by atoms with Gasteiger partial charge in [-0.25, -0.2) is 4.39 Å². The molecule has 0 heterocycles. The predicted molar refractivity (Wildman–Crippen MR) is 72.3 cm³/mol. The third-order valence-corrected chi connectivity index (χ3v) is 3.43. The summed E-state index contributed by atoms with van der Waals surface area (Å²) in [5.74, 6) is -1.74. The van der Waals surface area contributed by atoms with Crippen LogP contribution in [-0.2, 0) is 9.59 Å². The molecule has 5 heteroatoms. The van der Waals surface area contributed by atoms with Gasteiger partial charge in [0.1, 0.15) is 5.82 Å². The van der Waals surface area contributed by atoms with Crippen LogP contribution in [0.5, 0.6) is 0 Å². The molecule has 1 fully saturated rings. The van der Waals surface area contributed by atoms with E-state index in [1.165, 1.54) is 18.2 Å². The molecule has 1 aliphatic carbocycles. The van der Waals surface area contributed by atoms with E-state index in [1.54, 1.807) is 18.2 Å². The molecule has 1 aromatic rings. The molecule has 0 aromatic heterocycles. The minimum atomic E-state index is -0.802. The van der Waals surface area contributed by atoms with Gasteiger partial charge in [-0.3, -0.25) is 9.59 Å². The zero-order chi connectivity index (χ0) is 14.5. The number of halogens is 1. The Hall–Kier alpha value is -2.17. The number of rotatable bonds is 4. The fraction of sp³-hybridized carbons (Fsp3) is 0.333. The molecule has 0 radical (unpaired) electrons. The minimum Gasteiger partial charge on any atom is -0.481 e. The monoisotopic (exact) mass is 277 g/mol. The predicted octanol–water partition coefficient (Wildman–Crippen LogP) is 2.21.